The topological polar surface area (TPSA) is 63.3 Å². The highest BCUT2D eigenvalue weighted by Crippen LogP contribution is 2.09. The van der Waals surface area contributed by atoms with Gasteiger partial charge in [-0.2, -0.15) is 0 Å². The first-order chi connectivity index (χ1) is 7.63. The van der Waals surface area contributed by atoms with Crippen LogP contribution in [0.1, 0.15) is 30.9 Å². The second-order valence-electron chi connectivity index (χ2n) is 4.05. The summed E-state index contributed by atoms with van der Waals surface area (Å²) in [7, 11) is 0. The van der Waals surface area contributed by atoms with Crippen molar-refractivity contribution in [1.82, 2.24) is 0 Å². The van der Waals surface area contributed by atoms with E-state index < -0.39 is 12.0 Å². The van der Waals surface area contributed by atoms with Crippen molar-refractivity contribution < 1.29 is 9.90 Å². The fourth-order valence-corrected chi connectivity index (χ4v) is 1.61. The Morgan fingerprint density at radius 3 is 2.19 bits per heavy atom. The first-order valence-electron chi connectivity index (χ1n) is 5.69. The lowest BCUT2D eigenvalue weighted by Gasteiger charge is -2.06. The van der Waals surface area contributed by atoms with Gasteiger partial charge in [0, 0.05) is 0 Å². The van der Waals surface area contributed by atoms with Crippen molar-refractivity contribution in [3.05, 3.63) is 35.4 Å². The van der Waals surface area contributed by atoms with Gasteiger partial charge in [-0.1, -0.05) is 37.6 Å². The fourth-order valence-electron chi connectivity index (χ4n) is 1.61. The number of nitrogens with two attached hydrogens (primary N) is 1. The van der Waals surface area contributed by atoms with Crippen LogP contribution in [0.25, 0.3) is 0 Å². The normalized spacial score (nSPS) is 12.4. The zero-order valence-electron chi connectivity index (χ0n) is 9.65. The third-order valence-corrected chi connectivity index (χ3v) is 2.62. The van der Waals surface area contributed by atoms with Crippen LogP contribution in [-0.4, -0.2) is 17.1 Å². The van der Waals surface area contributed by atoms with Crippen molar-refractivity contribution in [3.8, 4) is 0 Å². The van der Waals surface area contributed by atoms with E-state index in [4.69, 9.17) is 10.8 Å². The summed E-state index contributed by atoms with van der Waals surface area (Å²) in [6, 6.07) is 7.56. The summed E-state index contributed by atoms with van der Waals surface area (Å²) in [4.78, 5) is 10.5. The van der Waals surface area contributed by atoms with E-state index in [2.05, 4.69) is 31.2 Å². The third kappa shape index (κ3) is 4.03. The highest BCUT2D eigenvalue weighted by atomic mass is 16.4. The zero-order chi connectivity index (χ0) is 12.0. The minimum absolute atomic E-state index is 0.489. The van der Waals surface area contributed by atoms with Crippen LogP contribution >= 0.6 is 0 Å². The molecular formula is C13H19NO2. The molecule has 0 aliphatic carbocycles. The molecule has 0 spiro atoms. The first kappa shape index (κ1) is 12.7. The van der Waals surface area contributed by atoms with Gasteiger partial charge in [0.05, 0.1) is 0 Å². The number of hydrogen-bond acceptors (Lipinski definition) is 2. The Kier molecular flexibility index (Phi) is 4.99. The van der Waals surface area contributed by atoms with Gasteiger partial charge in [-0.15, -0.1) is 0 Å². The molecular weight excluding hydrogens is 202 g/mol. The lowest BCUT2D eigenvalue weighted by Crippen LogP contribution is -2.30. The summed E-state index contributed by atoms with van der Waals surface area (Å²) in [6.45, 7) is 2.15. The molecule has 3 heteroatoms. The SMILES string of the molecule is CCCc1ccc(CC[C@H](N)C(=O)O)cc1. The lowest BCUT2D eigenvalue weighted by atomic mass is 10.0. The smallest absolute Gasteiger partial charge is 0.320 e. The largest absolute Gasteiger partial charge is 0.480 e. The molecule has 0 saturated carbocycles. The van der Waals surface area contributed by atoms with E-state index in [0.717, 1.165) is 24.8 Å². The first-order valence-corrected chi connectivity index (χ1v) is 5.69. The molecule has 0 heterocycles. The highest BCUT2D eigenvalue weighted by molar-refractivity contribution is 5.73. The quantitative estimate of drug-likeness (QED) is 0.772. The predicted molar refractivity (Wildman–Crippen MR) is 64.4 cm³/mol. The maximum Gasteiger partial charge on any atom is 0.320 e. The van der Waals surface area contributed by atoms with Crippen LogP contribution < -0.4 is 5.73 Å². The molecule has 0 aliphatic heterocycles. The van der Waals surface area contributed by atoms with Crippen molar-refractivity contribution >= 4 is 5.97 Å². The summed E-state index contributed by atoms with van der Waals surface area (Å²) in [5.74, 6) is -0.928. The summed E-state index contributed by atoms with van der Waals surface area (Å²) in [5, 5.41) is 8.65. The minimum Gasteiger partial charge on any atom is -0.480 e. The highest BCUT2D eigenvalue weighted by Gasteiger charge is 2.10. The van der Waals surface area contributed by atoms with Crippen LogP contribution in [0.15, 0.2) is 24.3 Å². The molecule has 1 rings (SSSR count). The van der Waals surface area contributed by atoms with Gasteiger partial charge in [0.25, 0.3) is 0 Å². The van der Waals surface area contributed by atoms with Crippen LogP contribution in [0.4, 0.5) is 0 Å². The molecule has 0 bridgehead atoms. The van der Waals surface area contributed by atoms with Crippen molar-refractivity contribution in [2.75, 3.05) is 0 Å². The van der Waals surface area contributed by atoms with Crippen molar-refractivity contribution in [1.29, 1.82) is 0 Å². The van der Waals surface area contributed by atoms with Gasteiger partial charge < -0.3 is 10.8 Å². The molecule has 0 aliphatic rings. The monoisotopic (exact) mass is 221 g/mol. The number of aryl methyl sites for hydroxylation is 2. The molecule has 0 aromatic heterocycles. The summed E-state index contributed by atoms with van der Waals surface area (Å²) in [5.41, 5.74) is 7.92. The number of benzene rings is 1. The van der Waals surface area contributed by atoms with Crippen molar-refractivity contribution in [3.63, 3.8) is 0 Å². The van der Waals surface area contributed by atoms with E-state index in [1.165, 1.54) is 5.56 Å². The molecule has 3 nitrogen and oxygen atoms in total. The molecule has 1 aromatic carbocycles. The molecule has 0 unspecified atom stereocenters. The molecule has 0 amide bonds. The Labute approximate surface area is 96.3 Å². The van der Waals surface area contributed by atoms with E-state index in [-0.39, 0.29) is 0 Å². The Bertz CT molecular complexity index is 332. The molecule has 0 radical (unpaired) electrons. The number of carbonyl (C=O) groups is 1. The van der Waals surface area contributed by atoms with Gasteiger partial charge in [0.15, 0.2) is 0 Å². The van der Waals surface area contributed by atoms with E-state index in [0.29, 0.717) is 6.42 Å². The summed E-state index contributed by atoms with van der Waals surface area (Å²) in [6.07, 6.45) is 3.44. The number of carboxylic acids is 1. The molecule has 88 valence electrons. The van der Waals surface area contributed by atoms with Gasteiger partial charge in [-0.3, -0.25) is 4.79 Å². The molecule has 0 saturated heterocycles. The van der Waals surface area contributed by atoms with Crippen LogP contribution in [-0.2, 0) is 17.6 Å². The number of aliphatic carboxylic acids is 1. The number of hydrogen-bond donors (Lipinski definition) is 2. The molecule has 0 fully saturated rings. The Hall–Kier alpha value is -1.35. The Morgan fingerprint density at radius 2 is 1.75 bits per heavy atom. The lowest BCUT2D eigenvalue weighted by molar-refractivity contribution is -0.138. The molecule has 16 heavy (non-hydrogen) atoms. The maximum absolute atomic E-state index is 10.5. The third-order valence-electron chi connectivity index (χ3n) is 2.62. The average Bonchev–Trinajstić information content (AvgIpc) is 2.28. The number of carboxylic acid groups (broad SMARTS) is 1. The predicted octanol–water partition coefficient (Wildman–Crippen LogP) is 1.98. The molecule has 1 aromatic rings. The Balaban J connectivity index is 2.46. The van der Waals surface area contributed by atoms with Crippen LogP contribution in [0.5, 0.6) is 0 Å². The van der Waals surface area contributed by atoms with Crippen LogP contribution in [0.2, 0.25) is 0 Å². The zero-order valence-corrected chi connectivity index (χ0v) is 9.65. The van der Waals surface area contributed by atoms with Crippen LogP contribution in [0, 0.1) is 0 Å². The van der Waals surface area contributed by atoms with Gasteiger partial charge >= 0.3 is 5.97 Å². The van der Waals surface area contributed by atoms with Crippen LogP contribution in [0.3, 0.4) is 0 Å². The second kappa shape index (κ2) is 6.28. The molecule has 1 atom stereocenters. The molecule has 3 N–H and O–H groups in total. The van der Waals surface area contributed by atoms with E-state index in [1.54, 1.807) is 0 Å². The van der Waals surface area contributed by atoms with Gasteiger partial charge in [-0.25, -0.2) is 0 Å². The number of rotatable bonds is 6. The van der Waals surface area contributed by atoms with Crippen molar-refractivity contribution in [2.45, 2.75) is 38.6 Å². The summed E-state index contributed by atoms with van der Waals surface area (Å²) >= 11 is 0. The van der Waals surface area contributed by atoms with Crippen molar-refractivity contribution in [2.24, 2.45) is 5.73 Å². The standard InChI is InChI=1S/C13H19NO2/c1-2-3-10-4-6-11(7-5-10)8-9-12(14)13(15)16/h4-7,12H,2-3,8-9,14H2,1H3,(H,15,16)/t12-/m0/s1. The van der Waals surface area contributed by atoms with E-state index >= 15 is 0 Å². The van der Waals surface area contributed by atoms with Gasteiger partial charge in [0.2, 0.25) is 0 Å². The minimum atomic E-state index is -0.928. The van der Waals surface area contributed by atoms with E-state index in [1.807, 2.05) is 0 Å². The van der Waals surface area contributed by atoms with Gasteiger partial charge in [-0.05, 0) is 30.4 Å². The average molecular weight is 221 g/mol. The van der Waals surface area contributed by atoms with E-state index in [9.17, 15) is 4.79 Å². The summed E-state index contributed by atoms with van der Waals surface area (Å²) < 4.78 is 0. The fraction of sp³-hybridized carbons (Fsp3) is 0.462. The second-order valence-corrected chi connectivity index (χ2v) is 4.05. The van der Waals surface area contributed by atoms with Gasteiger partial charge in [0.1, 0.15) is 6.04 Å². The maximum atomic E-state index is 10.5. The Morgan fingerprint density at radius 1 is 1.25 bits per heavy atom.